The maximum atomic E-state index is 11.1. The molecule has 96 valence electrons. The lowest BCUT2D eigenvalue weighted by Gasteiger charge is -2.27. The van der Waals surface area contributed by atoms with Crippen molar-refractivity contribution < 1.29 is 17.0 Å². The third-order valence-electron chi connectivity index (χ3n) is 2.91. The molecular formula is C10H22O4SSi. The summed E-state index contributed by atoms with van der Waals surface area (Å²) in [5, 5.41) is 0. The molecule has 0 aromatic heterocycles. The van der Waals surface area contributed by atoms with Crippen LogP contribution in [-0.2, 0) is 18.7 Å². The standard InChI is InChI=1S/C10H22O4SSi/c1-8(2)13-16(5,6)9-7-10(9,3)14-15(4,11)12/h8-9H,7H2,1-6H3. The van der Waals surface area contributed by atoms with Crippen LogP contribution < -0.4 is 0 Å². The molecule has 0 amide bonds. The zero-order chi connectivity index (χ0) is 12.8. The molecule has 0 aromatic rings. The van der Waals surface area contributed by atoms with Gasteiger partial charge in [0.05, 0.1) is 11.9 Å². The van der Waals surface area contributed by atoms with E-state index in [-0.39, 0.29) is 11.6 Å². The van der Waals surface area contributed by atoms with Crippen molar-refractivity contribution in [1.82, 2.24) is 0 Å². The Morgan fingerprint density at radius 2 is 1.88 bits per heavy atom. The van der Waals surface area contributed by atoms with E-state index in [9.17, 15) is 8.42 Å². The highest BCUT2D eigenvalue weighted by Crippen LogP contribution is 2.58. The van der Waals surface area contributed by atoms with Gasteiger partial charge in [-0.2, -0.15) is 8.42 Å². The Hall–Kier alpha value is 0.0869. The molecule has 0 heterocycles. The molecule has 0 aromatic carbocycles. The fourth-order valence-electron chi connectivity index (χ4n) is 2.45. The van der Waals surface area contributed by atoms with Gasteiger partial charge in [0, 0.05) is 11.6 Å². The third-order valence-corrected chi connectivity index (χ3v) is 7.16. The van der Waals surface area contributed by atoms with Crippen LogP contribution >= 0.6 is 0 Å². The van der Waals surface area contributed by atoms with E-state index >= 15 is 0 Å². The van der Waals surface area contributed by atoms with E-state index in [1.165, 1.54) is 0 Å². The fourth-order valence-corrected chi connectivity index (χ4v) is 7.22. The molecule has 1 rings (SSSR count). The molecular weight excluding hydrogens is 244 g/mol. The molecule has 2 unspecified atom stereocenters. The first-order chi connectivity index (χ1) is 6.96. The summed E-state index contributed by atoms with van der Waals surface area (Å²) in [5.41, 5.74) is -0.268. The first-order valence-electron chi connectivity index (χ1n) is 5.55. The average Bonchev–Trinajstić information content (AvgIpc) is 2.54. The van der Waals surface area contributed by atoms with Crippen molar-refractivity contribution in [2.45, 2.75) is 57.5 Å². The Labute approximate surface area is 99.6 Å². The largest absolute Gasteiger partial charge is 0.415 e. The van der Waals surface area contributed by atoms with E-state index in [0.717, 1.165) is 12.7 Å². The molecule has 4 nitrogen and oxygen atoms in total. The Morgan fingerprint density at radius 1 is 1.38 bits per heavy atom. The lowest BCUT2D eigenvalue weighted by Crippen LogP contribution is -2.37. The second kappa shape index (κ2) is 4.08. The van der Waals surface area contributed by atoms with Gasteiger partial charge in [-0.1, -0.05) is 0 Å². The van der Waals surface area contributed by atoms with Crippen LogP contribution in [0.25, 0.3) is 0 Å². The van der Waals surface area contributed by atoms with E-state index < -0.39 is 24.0 Å². The number of rotatable bonds is 5. The van der Waals surface area contributed by atoms with Gasteiger partial charge in [-0.3, -0.25) is 4.18 Å². The quantitative estimate of drug-likeness (QED) is 0.565. The Bertz CT molecular complexity index is 363. The maximum absolute atomic E-state index is 11.1. The van der Waals surface area contributed by atoms with Crippen molar-refractivity contribution in [2.24, 2.45) is 0 Å². The van der Waals surface area contributed by atoms with Gasteiger partial charge in [0.1, 0.15) is 0 Å². The molecule has 1 aliphatic carbocycles. The minimum absolute atomic E-state index is 0.185. The molecule has 1 aliphatic rings. The molecule has 0 bridgehead atoms. The van der Waals surface area contributed by atoms with E-state index in [4.69, 9.17) is 8.61 Å². The highest BCUT2D eigenvalue weighted by molar-refractivity contribution is 7.86. The van der Waals surface area contributed by atoms with Gasteiger partial charge >= 0.3 is 0 Å². The molecule has 0 radical (unpaired) electrons. The van der Waals surface area contributed by atoms with Crippen molar-refractivity contribution in [2.75, 3.05) is 6.26 Å². The number of hydrogen-bond donors (Lipinski definition) is 0. The van der Waals surface area contributed by atoms with Crippen LogP contribution in [0, 0.1) is 0 Å². The zero-order valence-corrected chi connectivity index (χ0v) is 12.7. The lowest BCUT2D eigenvalue weighted by atomic mass is 10.4. The van der Waals surface area contributed by atoms with Crippen LogP contribution in [0.15, 0.2) is 0 Å². The molecule has 1 fully saturated rings. The molecule has 0 spiro atoms. The second-order valence-corrected chi connectivity index (χ2v) is 11.3. The summed E-state index contributed by atoms with van der Waals surface area (Å²) in [6.45, 7) is 10.1. The molecule has 0 N–H and O–H groups in total. The van der Waals surface area contributed by atoms with Gasteiger partial charge in [-0.25, -0.2) is 0 Å². The number of hydrogen-bond acceptors (Lipinski definition) is 4. The van der Waals surface area contributed by atoms with E-state index in [2.05, 4.69) is 13.1 Å². The van der Waals surface area contributed by atoms with Gasteiger partial charge < -0.3 is 4.43 Å². The second-order valence-electron chi connectivity index (χ2n) is 5.63. The molecule has 6 heteroatoms. The smallest absolute Gasteiger partial charge is 0.264 e. The topological polar surface area (TPSA) is 52.6 Å². The first kappa shape index (κ1) is 14.1. The third kappa shape index (κ3) is 3.55. The van der Waals surface area contributed by atoms with Crippen molar-refractivity contribution in [1.29, 1.82) is 0 Å². The zero-order valence-electron chi connectivity index (χ0n) is 10.9. The Balaban J connectivity index is 2.67. The highest BCUT2D eigenvalue weighted by atomic mass is 32.2. The van der Waals surface area contributed by atoms with Crippen LogP contribution in [0.2, 0.25) is 18.6 Å². The van der Waals surface area contributed by atoms with Crippen LogP contribution in [0.3, 0.4) is 0 Å². The van der Waals surface area contributed by atoms with E-state index in [1.54, 1.807) is 0 Å². The summed E-state index contributed by atoms with van der Waals surface area (Å²) in [4.78, 5) is 0. The molecule has 2 atom stereocenters. The minimum Gasteiger partial charge on any atom is -0.415 e. The Kier molecular flexibility index (Phi) is 3.61. The normalized spacial score (nSPS) is 30.8. The monoisotopic (exact) mass is 266 g/mol. The van der Waals surface area contributed by atoms with E-state index in [0.29, 0.717) is 0 Å². The summed E-state index contributed by atoms with van der Waals surface area (Å²) in [6, 6.07) is 0. The van der Waals surface area contributed by atoms with Crippen molar-refractivity contribution in [3.63, 3.8) is 0 Å². The minimum atomic E-state index is -3.37. The van der Waals surface area contributed by atoms with Gasteiger partial charge in [0.25, 0.3) is 10.1 Å². The predicted octanol–water partition coefficient (Wildman–Crippen LogP) is 2.13. The summed E-state index contributed by atoms with van der Waals surface area (Å²) >= 11 is 0. The van der Waals surface area contributed by atoms with Gasteiger partial charge in [0.15, 0.2) is 8.32 Å². The van der Waals surface area contributed by atoms with Gasteiger partial charge in [0.2, 0.25) is 0 Å². The molecule has 0 aliphatic heterocycles. The van der Waals surface area contributed by atoms with Crippen LogP contribution in [-0.4, -0.2) is 34.7 Å². The lowest BCUT2D eigenvalue weighted by molar-refractivity contribution is 0.194. The fraction of sp³-hybridized carbons (Fsp3) is 1.00. The SMILES string of the molecule is CC(C)O[Si](C)(C)C1CC1(C)OS(C)(=O)=O. The first-order valence-corrected chi connectivity index (χ1v) is 10.3. The molecule has 16 heavy (non-hydrogen) atoms. The highest BCUT2D eigenvalue weighted by Gasteiger charge is 2.62. The predicted molar refractivity (Wildman–Crippen MR) is 66.4 cm³/mol. The molecule has 1 saturated carbocycles. The summed E-state index contributed by atoms with van der Waals surface area (Å²) in [6.07, 6.45) is 2.07. The average molecular weight is 266 g/mol. The van der Waals surface area contributed by atoms with Gasteiger partial charge in [-0.05, 0) is 40.3 Å². The maximum Gasteiger partial charge on any atom is 0.264 e. The summed E-state index contributed by atoms with van der Waals surface area (Å²) < 4.78 is 33.3. The van der Waals surface area contributed by atoms with Crippen LogP contribution in [0.1, 0.15) is 27.2 Å². The van der Waals surface area contributed by atoms with Crippen molar-refractivity contribution >= 4 is 18.4 Å². The Morgan fingerprint density at radius 3 is 2.25 bits per heavy atom. The molecule has 0 saturated heterocycles. The van der Waals surface area contributed by atoms with Crippen molar-refractivity contribution in [3.05, 3.63) is 0 Å². The van der Waals surface area contributed by atoms with Crippen molar-refractivity contribution in [3.8, 4) is 0 Å². The summed E-state index contributed by atoms with van der Waals surface area (Å²) in [7, 11) is -5.23. The van der Waals surface area contributed by atoms with Crippen LogP contribution in [0.4, 0.5) is 0 Å². The van der Waals surface area contributed by atoms with E-state index in [1.807, 2.05) is 20.8 Å². The summed E-state index contributed by atoms with van der Waals surface area (Å²) in [5.74, 6) is 0. The van der Waals surface area contributed by atoms with Gasteiger partial charge in [-0.15, -0.1) is 0 Å². The van der Waals surface area contributed by atoms with Crippen LogP contribution in [0.5, 0.6) is 0 Å².